The Morgan fingerprint density at radius 1 is 1.30 bits per heavy atom. The van der Waals surface area contributed by atoms with Crippen molar-refractivity contribution < 1.29 is 9.72 Å². The molecule has 8 nitrogen and oxygen atoms in total. The van der Waals surface area contributed by atoms with Crippen molar-refractivity contribution >= 4 is 34.1 Å². The van der Waals surface area contributed by atoms with Gasteiger partial charge in [-0.05, 0) is 30.7 Å². The smallest absolute Gasteiger partial charge is 0.270 e. The summed E-state index contributed by atoms with van der Waals surface area (Å²) in [6.45, 7) is 1.56. The van der Waals surface area contributed by atoms with Crippen LogP contribution in [-0.2, 0) is 11.3 Å². The van der Waals surface area contributed by atoms with E-state index in [-0.39, 0.29) is 29.6 Å². The standard InChI is InChI=1S/C18H15ClN4O4/c1-11(12-2-4-13(19)5-3-12)21-17(24)9-22-10-20-16-7-6-14(23(26)27)8-15(16)18(22)25/h2-8,10-11H,9H2,1H3,(H,21,24)/t11-/m1/s1. The number of nitrogens with zero attached hydrogens (tertiary/aromatic N) is 3. The van der Waals surface area contributed by atoms with Crippen molar-refractivity contribution in [2.75, 3.05) is 0 Å². The van der Waals surface area contributed by atoms with Crippen LogP contribution in [0.4, 0.5) is 5.69 Å². The normalized spacial score (nSPS) is 11.9. The SMILES string of the molecule is C[C@@H](NC(=O)Cn1cnc2ccc([N+](=O)[O-])cc2c1=O)c1ccc(Cl)cc1. The van der Waals surface area contributed by atoms with Gasteiger partial charge in [-0.3, -0.25) is 24.3 Å². The van der Waals surface area contributed by atoms with Gasteiger partial charge in [-0.15, -0.1) is 0 Å². The topological polar surface area (TPSA) is 107 Å². The van der Waals surface area contributed by atoms with Gasteiger partial charge in [-0.1, -0.05) is 23.7 Å². The number of aromatic nitrogens is 2. The first-order chi connectivity index (χ1) is 12.8. The molecule has 0 saturated heterocycles. The highest BCUT2D eigenvalue weighted by molar-refractivity contribution is 6.30. The summed E-state index contributed by atoms with van der Waals surface area (Å²) in [4.78, 5) is 39.2. The van der Waals surface area contributed by atoms with Gasteiger partial charge in [0.05, 0.1) is 28.2 Å². The van der Waals surface area contributed by atoms with E-state index in [2.05, 4.69) is 10.3 Å². The monoisotopic (exact) mass is 386 g/mol. The van der Waals surface area contributed by atoms with Crippen molar-refractivity contribution in [2.24, 2.45) is 0 Å². The lowest BCUT2D eigenvalue weighted by molar-refractivity contribution is -0.384. The molecule has 0 unspecified atom stereocenters. The number of nitro benzene ring substituents is 1. The molecule has 0 saturated carbocycles. The molecule has 3 aromatic rings. The minimum absolute atomic E-state index is 0.0882. The van der Waals surface area contributed by atoms with Gasteiger partial charge in [-0.25, -0.2) is 4.98 Å². The highest BCUT2D eigenvalue weighted by Gasteiger charge is 2.14. The lowest BCUT2D eigenvalue weighted by Crippen LogP contribution is -2.34. The van der Waals surface area contributed by atoms with Crippen molar-refractivity contribution in [3.63, 3.8) is 0 Å². The highest BCUT2D eigenvalue weighted by atomic mass is 35.5. The second-order valence-electron chi connectivity index (χ2n) is 5.98. The van der Waals surface area contributed by atoms with E-state index in [9.17, 15) is 19.7 Å². The number of benzene rings is 2. The van der Waals surface area contributed by atoms with E-state index < -0.39 is 10.5 Å². The molecule has 0 bridgehead atoms. The van der Waals surface area contributed by atoms with Crippen LogP contribution < -0.4 is 10.9 Å². The molecule has 27 heavy (non-hydrogen) atoms. The summed E-state index contributed by atoms with van der Waals surface area (Å²) in [5.74, 6) is -0.383. The molecule has 138 valence electrons. The van der Waals surface area contributed by atoms with Gasteiger partial charge in [0.2, 0.25) is 5.91 Å². The van der Waals surface area contributed by atoms with Crippen LogP contribution in [0.2, 0.25) is 5.02 Å². The number of nitro groups is 1. The van der Waals surface area contributed by atoms with Gasteiger partial charge in [0.25, 0.3) is 11.2 Å². The summed E-state index contributed by atoms with van der Waals surface area (Å²) in [5, 5.41) is 14.4. The van der Waals surface area contributed by atoms with Crippen LogP contribution >= 0.6 is 11.6 Å². The minimum Gasteiger partial charge on any atom is -0.348 e. The highest BCUT2D eigenvalue weighted by Crippen LogP contribution is 2.17. The Morgan fingerprint density at radius 3 is 2.67 bits per heavy atom. The fourth-order valence-corrected chi connectivity index (χ4v) is 2.78. The Bertz CT molecular complexity index is 1080. The summed E-state index contributed by atoms with van der Waals surface area (Å²) < 4.78 is 1.12. The molecule has 0 radical (unpaired) electrons. The lowest BCUT2D eigenvalue weighted by atomic mass is 10.1. The zero-order valence-corrected chi connectivity index (χ0v) is 15.0. The zero-order valence-electron chi connectivity index (χ0n) is 14.3. The number of carbonyl (C=O) groups excluding carboxylic acids is 1. The van der Waals surface area contributed by atoms with E-state index in [1.54, 1.807) is 24.3 Å². The molecular weight excluding hydrogens is 372 g/mol. The molecule has 3 rings (SSSR count). The van der Waals surface area contributed by atoms with E-state index >= 15 is 0 Å². The maximum absolute atomic E-state index is 12.5. The third-order valence-corrected chi connectivity index (χ3v) is 4.33. The lowest BCUT2D eigenvalue weighted by Gasteiger charge is -2.15. The molecule has 0 aliphatic heterocycles. The molecule has 1 heterocycles. The van der Waals surface area contributed by atoms with Crippen LogP contribution in [0, 0.1) is 10.1 Å². The Hall–Kier alpha value is -3.26. The van der Waals surface area contributed by atoms with Crippen LogP contribution in [0.15, 0.2) is 53.6 Å². The van der Waals surface area contributed by atoms with Crippen molar-refractivity contribution in [3.8, 4) is 0 Å². The number of hydrogen-bond acceptors (Lipinski definition) is 5. The number of non-ortho nitro benzene ring substituents is 1. The first-order valence-electron chi connectivity index (χ1n) is 8.03. The van der Waals surface area contributed by atoms with Gasteiger partial charge >= 0.3 is 0 Å². The molecule has 1 amide bonds. The Labute approximate surface area is 158 Å². The molecule has 1 N–H and O–H groups in total. The van der Waals surface area contributed by atoms with E-state index in [1.165, 1.54) is 18.5 Å². The summed E-state index contributed by atoms with van der Waals surface area (Å²) in [7, 11) is 0. The first kappa shape index (κ1) is 18.5. The fraction of sp³-hybridized carbons (Fsp3) is 0.167. The zero-order chi connectivity index (χ0) is 19.6. The second kappa shape index (κ2) is 7.55. The predicted molar refractivity (Wildman–Crippen MR) is 101 cm³/mol. The summed E-state index contributed by atoms with van der Waals surface area (Å²) >= 11 is 5.85. The van der Waals surface area contributed by atoms with Crippen LogP contribution in [0.3, 0.4) is 0 Å². The van der Waals surface area contributed by atoms with Gasteiger partial charge < -0.3 is 5.32 Å². The van der Waals surface area contributed by atoms with E-state index in [1.807, 2.05) is 6.92 Å². The third-order valence-electron chi connectivity index (χ3n) is 4.08. The predicted octanol–water partition coefficient (Wildman–Crippen LogP) is 2.84. The van der Waals surface area contributed by atoms with Crippen molar-refractivity contribution in [1.82, 2.24) is 14.9 Å². The average molecular weight is 387 g/mol. The van der Waals surface area contributed by atoms with E-state index in [0.717, 1.165) is 16.2 Å². The number of amides is 1. The molecule has 1 aromatic heterocycles. The summed E-state index contributed by atoms with van der Waals surface area (Å²) in [6, 6.07) is 10.6. The van der Waals surface area contributed by atoms with Crippen LogP contribution in [0.25, 0.3) is 10.9 Å². The number of carbonyl (C=O) groups is 1. The first-order valence-corrected chi connectivity index (χ1v) is 8.41. The largest absolute Gasteiger partial charge is 0.348 e. The number of fused-ring (bicyclic) bond motifs is 1. The van der Waals surface area contributed by atoms with Crippen LogP contribution in [0.5, 0.6) is 0 Å². The number of nitrogens with one attached hydrogen (secondary N) is 1. The number of rotatable bonds is 5. The maximum Gasteiger partial charge on any atom is 0.270 e. The number of halogens is 1. The second-order valence-corrected chi connectivity index (χ2v) is 6.41. The maximum atomic E-state index is 12.5. The Morgan fingerprint density at radius 2 is 2.00 bits per heavy atom. The van der Waals surface area contributed by atoms with E-state index in [0.29, 0.717) is 10.5 Å². The molecule has 0 aliphatic rings. The molecule has 2 aromatic carbocycles. The summed E-state index contributed by atoms with van der Waals surface area (Å²) in [6.07, 6.45) is 1.25. The van der Waals surface area contributed by atoms with Crippen molar-refractivity contribution in [3.05, 3.63) is 79.8 Å². The summed E-state index contributed by atoms with van der Waals surface area (Å²) in [5.41, 5.74) is 0.474. The quantitative estimate of drug-likeness (QED) is 0.536. The van der Waals surface area contributed by atoms with Gasteiger partial charge in [0.15, 0.2) is 0 Å². The molecule has 0 aliphatic carbocycles. The molecule has 1 atom stereocenters. The minimum atomic E-state index is -0.587. The molecule has 0 spiro atoms. The fourth-order valence-electron chi connectivity index (χ4n) is 2.65. The Balaban J connectivity index is 1.80. The molecular formula is C18H15ClN4O4. The Kier molecular flexibility index (Phi) is 5.18. The van der Waals surface area contributed by atoms with Crippen LogP contribution in [-0.4, -0.2) is 20.4 Å². The molecule has 0 fully saturated rings. The molecule has 9 heteroatoms. The average Bonchev–Trinajstić information content (AvgIpc) is 2.64. The van der Waals surface area contributed by atoms with Crippen molar-refractivity contribution in [1.29, 1.82) is 0 Å². The van der Waals surface area contributed by atoms with E-state index in [4.69, 9.17) is 11.6 Å². The number of hydrogen-bond donors (Lipinski definition) is 1. The third kappa shape index (κ3) is 4.12. The van der Waals surface area contributed by atoms with Gasteiger partial charge in [0.1, 0.15) is 6.54 Å². The van der Waals surface area contributed by atoms with Gasteiger partial charge in [0, 0.05) is 17.2 Å². The van der Waals surface area contributed by atoms with Crippen LogP contribution in [0.1, 0.15) is 18.5 Å². The van der Waals surface area contributed by atoms with Gasteiger partial charge in [-0.2, -0.15) is 0 Å². The van der Waals surface area contributed by atoms with Crippen molar-refractivity contribution in [2.45, 2.75) is 19.5 Å².